The van der Waals surface area contributed by atoms with E-state index in [-0.39, 0.29) is 23.2 Å². The van der Waals surface area contributed by atoms with E-state index in [1.165, 1.54) is 6.08 Å². The fourth-order valence-corrected chi connectivity index (χ4v) is 3.81. The molecule has 2 aromatic rings. The Morgan fingerprint density at radius 3 is 2.44 bits per heavy atom. The van der Waals surface area contributed by atoms with Gasteiger partial charge in [0.1, 0.15) is 5.57 Å². The maximum absolute atomic E-state index is 12.3. The van der Waals surface area contributed by atoms with E-state index in [1.54, 1.807) is 43.3 Å². The SMILES string of the molecule is CCOc1cc(C=C2C(=O)NC(=S)NC2=O)cc(I)c1OCC(=O)Nc1ccc(Cl)cc1. The molecule has 0 saturated carbocycles. The molecule has 3 amide bonds. The van der Waals surface area contributed by atoms with Gasteiger partial charge in [-0.3, -0.25) is 25.0 Å². The maximum atomic E-state index is 12.3. The number of ether oxygens (including phenoxy) is 2. The van der Waals surface area contributed by atoms with Crippen LogP contribution in [-0.2, 0) is 14.4 Å². The summed E-state index contributed by atoms with van der Waals surface area (Å²) in [6.07, 6.45) is 1.42. The van der Waals surface area contributed by atoms with Gasteiger partial charge in [-0.25, -0.2) is 0 Å². The topological polar surface area (TPSA) is 106 Å². The molecule has 166 valence electrons. The molecular weight excluding hydrogens is 569 g/mol. The maximum Gasteiger partial charge on any atom is 0.263 e. The Balaban J connectivity index is 1.78. The van der Waals surface area contributed by atoms with Crippen molar-refractivity contribution in [2.45, 2.75) is 6.92 Å². The third-order valence-electron chi connectivity index (χ3n) is 4.06. The van der Waals surface area contributed by atoms with Crippen LogP contribution in [0.1, 0.15) is 12.5 Å². The Labute approximate surface area is 207 Å². The third-order valence-corrected chi connectivity index (χ3v) is 5.32. The number of amides is 3. The summed E-state index contributed by atoms with van der Waals surface area (Å²) in [4.78, 5) is 36.4. The van der Waals surface area contributed by atoms with E-state index in [0.29, 0.717) is 37.9 Å². The highest BCUT2D eigenvalue weighted by atomic mass is 127. The molecule has 8 nitrogen and oxygen atoms in total. The Hall–Kier alpha value is -2.70. The summed E-state index contributed by atoms with van der Waals surface area (Å²) in [7, 11) is 0. The minimum absolute atomic E-state index is 0.0395. The van der Waals surface area contributed by atoms with Crippen molar-refractivity contribution >= 4 is 81.0 Å². The number of hydrogen-bond donors (Lipinski definition) is 3. The summed E-state index contributed by atoms with van der Waals surface area (Å²) in [5.41, 5.74) is 1.05. The van der Waals surface area contributed by atoms with Gasteiger partial charge in [0.05, 0.1) is 10.2 Å². The molecule has 1 aliphatic heterocycles. The van der Waals surface area contributed by atoms with E-state index in [4.69, 9.17) is 33.3 Å². The van der Waals surface area contributed by atoms with Gasteiger partial charge >= 0.3 is 0 Å². The second-order valence-electron chi connectivity index (χ2n) is 6.40. The molecule has 1 saturated heterocycles. The number of thiocarbonyl (C=S) groups is 1. The number of rotatable bonds is 7. The van der Waals surface area contributed by atoms with Crippen LogP contribution in [0.2, 0.25) is 5.02 Å². The highest BCUT2D eigenvalue weighted by Gasteiger charge is 2.26. The molecule has 3 rings (SSSR count). The van der Waals surface area contributed by atoms with Crippen LogP contribution in [0.4, 0.5) is 5.69 Å². The zero-order valence-corrected chi connectivity index (χ0v) is 20.4. The van der Waals surface area contributed by atoms with E-state index in [1.807, 2.05) is 22.6 Å². The minimum atomic E-state index is -0.592. The predicted octanol–water partition coefficient (Wildman–Crippen LogP) is 3.28. The van der Waals surface area contributed by atoms with E-state index in [9.17, 15) is 14.4 Å². The van der Waals surface area contributed by atoms with Crippen LogP contribution in [0, 0.1) is 3.57 Å². The van der Waals surface area contributed by atoms with Gasteiger partial charge in [-0.1, -0.05) is 11.6 Å². The molecule has 0 bridgehead atoms. The van der Waals surface area contributed by atoms with Gasteiger partial charge in [0, 0.05) is 10.7 Å². The lowest BCUT2D eigenvalue weighted by Crippen LogP contribution is -2.51. The lowest BCUT2D eigenvalue weighted by atomic mass is 10.1. The molecule has 0 spiro atoms. The average molecular weight is 586 g/mol. The van der Waals surface area contributed by atoms with Crippen LogP contribution < -0.4 is 25.4 Å². The van der Waals surface area contributed by atoms with Gasteiger partial charge < -0.3 is 14.8 Å². The smallest absolute Gasteiger partial charge is 0.263 e. The first-order valence-electron chi connectivity index (χ1n) is 9.29. The number of nitrogens with one attached hydrogen (secondary N) is 3. The molecule has 0 atom stereocenters. The molecule has 1 heterocycles. The summed E-state index contributed by atoms with van der Waals surface area (Å²) >= 11 is 12.7. The summed E-state index contributed by atoms with van der Waals surface area (Å²) in [5, 5.41) is 8.01. The van der Waals surface area contributed by atoms with Crippen LogP contribution in [0.25, 0.3) is 6.08 Å². The normalized spacial score (nSPS) is 13.2. The highest BCUT2D eigenvalue weighted by molar-refractivity contribution is 14.1. The first kappa shape index (κ1) is 24.0. The molecule has 3 N–H and O–H groups in total. The number of hydrogen-bond acceptors (Lipinski definition) is 6. The van der Waals surface area contributed by atoms with Crippen molar-refractivity contribution in [1.29, 1.82) is 0 Å². The Morgan fingerprint density at radius 1 is 1.16 bits per heavy atom. The van der Waals surface area contributed by atoms with E-state index in [0.717, 1.165) is 0 Å². The van der Waals surface area contributed by atoms with Gasteiger partial charge in [0.25, 0.3) is 17.7 Å². The molecule has 0 unspecified atom stereocenters. The molecule has 0 aromatic heterocycles. The van der Waals surface area contributed by atoms with Gasteiger partial charge in [-0.2, -0.15) is 0 Å². The molecule has 1 fully saturated rings. The largest absolute Gasteiger partial charge is 0.490 e. The minimum Gasteiger partial charge on any atom is -0.490 e. The lowest BCUT2D eigenvalue weighted by molar-refractivity contribution is -0.123. The Kier molecular flexibility index (Phi) is 8.04. The lowest BCUT2D eigenvalue weighted by Gasteiger charge is -2.17. The number of carbonyl (C=O) groups is 3. The Morgan fingerprint density at radius 2 is 1.81 bits per heavy atom. The van der Waals surface area contributed by atoms with Gasteiger partial charge in [0.15, 0.2) is 23.2 Å². The van der Waals surface area contributed by atoms with Crippen molar-refractivity contribution < 1.29 is 23.9 Å². The standard InChI is InChI=1S/C21H17ClIN3O5S/c1-2-30-16-9-11(7-14-19(28)25-21(32)26-20(14)29)8-15(23)18(16)31-10-17(27)24-13-5-3-12(22)4-6-13/h3-9H,2,10H2,1H3,(H,24,27)(H2,25,26,28,29,32). The molecule has 0 radical (unpaired) electrons. The van der Waals surface area contributed by atoms with Crippen molar-refractivity contribution in [3.63, 3.8) is 0 Å². The van der Waals surface area contributed by atoms with Crippen LogP contribution in [-0.4, -0.2) is 36.0 Å². The molecule has 2 aromatic carbocycles. The van der Waals surface area contributed by atoms with Gasteiger partial charge in [-0.05, 0) is 89.8 Å². The second kappa shape index (κ2) is 10.7. The number of benzene rings is 2. The summed E-state index contributed by atoms with van der Waals surface area (Å²) < 4.78 is 12.0. The third kappa shape index (κ3) is 6.17. The van der Waals surface area contributed by atoms with Crippen LogP contribution in [0.3, 0.4) is 0 Å². The summed E-state index contributed by atoms with van der Waals surface area (Å²) in [6, 6.07) is 10.0. The van der Waals surface area contributed by atoms with Gasteiger partial charge in [-0.15, -0.1) is 0 Å². The van der Waals surface area contributed by atoms with Crippen molar-refractivity contribution in [3.8, 4) is 11.5 Å². The zero-order valence-electron chi connectivity index (χ0n) is 16.7. The molecule has 11 heteroatoms. The van der Waals surface area contributed by atoms with Crippen LogP contribution in [0.5, 0.6) is 11.5 Å². The van der Waals surface area contributed by atoms with Crippen LogP contribution >= 0.6 is 46.4 Å². The Bertz CT molecular complexity index is 1100. The van der Waals surface area contributed by atoms with E-state index in [2.05, 4.69) is 16.0 Å². The summed E-state index contributed by atoms with van der Waals surface area (Å²) in [5.74, 6) is -0.794. The van der Waals surface area contributed by atoms with E-state index >= 15 is 0 Å². The van der Waals surface area contributed by atoms with Crippen molar-refractivity contribution in [2.24, 2.45) is 0 Å². The van der Waals surface area contributed by atoms with Crippen molar-refractivity contribution in [1.82, 2.24) is 10.6 Å². The van der Waals surface area contributed by atoms with Gasteiger partial charge in [0.2, 0.25) is 0 Å². The number of carbonyl (C=O) groups excluding carboxylic acids is 3. The monoisotopic (exact) mass is 585 g/mol. The summed E-state index contributed by atoms with van der Waals surface area (Å²) in [6.45, 7) is 1.90. The van der Waals surface area contributed by atoms with Crippen LogP contribution in [0.15, 0.2) is 42.0 Å². The zero-order chi connectivity index (χ0) is 23.3. The number of anilines is 1. The van der Waals surface area contributed by atoms with Crippen molar-refractivity contribution in [2.75, 3.05) is 18.5 Å². The van der Waals surface area contributed by atoms with Crippen molar-refractivity contribution in [3.05, 3.63) is 56.1 Å². The fraction of sp³-hybridized carbons (Fsp3) is 0.143. The first-order chi connectivity index (χ1) is 15.3. The molecule has 32 heavy (non-hydrogen) atoms. The average Bonchev–Trinajstić information content (AvgIpc) is 2.72. The molecule has 0 aliphatic carbocycles. The molecule has 1 aliphatic rings. The quantitative estimate of drug-likeness (QED) is 0.199. The number of halogens is 2. The first-order valence-corrected chi connectivity index (χ1v) is 11.2. The predicted molar refractivity (Wildman–Crippen MR) is 133 cm³/mol. The molecular formula is C21H17ClIN3O5S. The van der Waals surface area contributed by atoms with E-state index < -0.39 is 11.8 Å². The fourth-order valence-electron chi connectivity index (χ4n) is 2.72. The second-order valence-corrected chi connectivity index (χ2v) is 8.41. The highest BCUT2D eigenvalue weighted by Crippen LogP contribution is 2.35.